The van der Waals surface area contributed by atoms with E-state index in [1.54, 1.807) is 4.57 Å². The molecule has 0 aliphatic carbocycles. The van der Waals surface area contributed by atoms with Gasteiger partial charge in [0.25, 0.3) is 5.56 Å². The summed E-state index contributed by atoms with van der Waals surface area (Å²) in [6.07, 6.45) is 0. The lowest BCUT2D eigenvalue weighted by molar-refractivity contribution is 0.589. The summed E-state index contributed by atoms with van der Waals surface area (Å²) in [5.74, 6) is 0. The third-order valence-electron chi connectivity index (χ3n) is 5.27. The first kappa shape index (κ1) is 19.4. The Bertz CT molecular complexity index is 1300. The van der Waals surface area contributed by atoms with Gasteiger partial charge in [0.1, 0.15) is 4.70 Å². The summed E-state index contributed by atoms with van der Waals surface area (Å²) in [4.78, 5) is 26.5. The molecule has 0 amide bonds. The summed E-state index contributed by atoms with van der Waals surface area (Å²) in [7, 11) is 0. The maximum absolute atomic E-state index is 13.4. The number of hydrogen-bond acceptors (Lipinski definition) is 3. The number of aryl methyl sites for hydroxylation is 1. The number of thiophene rings is 1. The van der Waals surface area contributed by atoms with Crippen LogP contribution in [-0.4, -0.2) is 9.13 Å². The number of aromatic nitrogens is 2. The van der Waals surface area contributed by atoms with Crippen molar-refractivity contribution in [2.75, 3.05) is 0 Å². The van der Waals surface area contributed by atoms with E-state index in [-0.39, 0.29) is 16.7 Å². The van der Waals surface area contributed by atoms with E-state index in [1.165, 1.54) is 21.5 Å². The summed E-state index contributed by atoms with van der Waals surface area (Å²) in [5, 5.41) is 1.87. The Morgan fingerprint density at radius 1 is 0.931 bits per heavy atom. The van der Waals surface area contributed by atoms with Crippen LogP contribution in [0.5, 0.6) is 0 Å². The molecule has 0 aliphatic heterocycles. The van der Waals surface area contributed by atoms with Gasteiger partial charge in [0.15, 0.2) is 0 Å². The lowest BCUT2D eigenvalue weighted by atomic mass is 9.87. The van der Waals surface area contributed by atoms with Gasteiger partial charge in [-0.1, -0.05) is 63.2 Å². The largest absolute Gasteiger partial charge is 0.336 e. The van der Waals surface area contributed by atoms with Crippen LogP contribution < -0.4 is 11.2 Å². The van der Waals surface area contributed by atoms with E-state index >= 15 is 0 Å². The zero-order valence-corrected chi connectivity index (χ0v) is 17.9. The van der Waals surface area contributed by atoms with E-state index < -0.39 is 0 Å². The van der Waals surface area contributed by atoms with Gasteiger partial charge in [-0.2, -0.15) is 0 Å². The monoisotopic (exact) mass is 404 g/mol. The van der Waals surface area contributed by atoms with Crippen LogP contribution in [0.1, 0.15) is 37.5 Å². The second kappa shape index (κ2) is 7.16. The van der Waals surface area contributed by atoms with Crippen molar-refractivity contribution in [1.29, 1.82) is 0 Å². The van der Waals surface area contributed by atoms with E-state index in [0.717, 1.165) is 11.1 Å². The molecule has 0 saturated carbocycles. The average molecular weight is 405 g/mol. The van der Waals surface area contributed by atoms with Gasteiger partial charge in [-0.15, -0.1) is 11.3 Å². The second-order valence-corrected chi connectivity index (χ2v) is 9.29. The molecule has 4 nitrogen and oxygen atoms in total. The Kier molecular flexibility index (Phi) is 4.79. The van der Waals surface area contributed by atoms with Crippen LogP contribution in [0.4, 0.5) is 0 Å². The van der Waals surface area contributed by atoms with Crippen molar-refractivity contribution in [3.63, 3.8) is 0 Å². The molecule has 148 valence electrons. The van der Waals surface area contributed by atoms with Gasteiger partial charge in [0.05, 0.1) is 17.7 Å². The van der Waals surface area contributed by atoms with Crippen molar-refractivity contribution >= 4 is 21.6 Å². The van der Waals surface area contributed by atoms with Gasteiger partial charge in [-0.3, -0.25) is 9.36 Å². The lowest BCUT2D eigenvalue weighted by Crippen LogP contribution is -2.39. The third kappa shape index (κ3) is 3.47. The summed E-state index contributed by atoms with van der Waals surface area (Å²) in [5.41, 5.74) is 4.01. The number of hydrogen-bond donors (Lipinski definition) is 0. The number of fused-ring (bicyclic) bond motifs is 1. The third-order valence-corrected chi connectivity index (χ3v) is 6.16. The standard InChI is InChI=1S/C24H24N2O2S/c1-16-7-5-6-8-19(16)26-22(27)21-20(13-14-29-21)25(23(26)28)15-17-9-11-18(12-10-17)24(2,3)4/h5-14H,15H2,1-4H3. The van der Waals surface area contributed by atoms with Crippen LogP contribution in [0.15, 0.2) is 69.6 Å². The molecular weight excluding hydrogens is 380 g/mol. The highest BCUT2D eigenvalue weighted by Crippen LogP contribution is 2.23. The summed E-state index contributed by atoms with van der Waals surface area (Å²) < 4.78 is 3.60. The average Bonchev–Trinajstić information content (AvgIpc) is 3.16. The molecule has 2 aromatic heterocycles. The molecule has 0 radical (unpaired) electrons. The molecule has 0 unspecified atom stereocenters. The smallest absolute Gasteiger partial charge is 0.288 e. The molecular formula is C24H24N2O2S. The van der Waals surface area contributed by atoms with Gasteiger partial charge < -0.3 is 0 Å². The molecule has 29 heavy (non-hydrogen) atoms. The van der Waals surface area contributed by atoms with E-state index in [9.17, 15) is 9.59 Å². The molecule has 2 aromatic carbocycles. The first-order valence-electron chi connectivity index (χ1n) is 9.66. The number of nitrogens with zero attached hydrogens (tertiary/aromatic N) is 2. The minimum atomic E-state index is -0.310. The van der Waals surface area contributed by atoms with Gasteiger partial charge in [0, 0.05) is 0 Å². The zero-order valence-electron chi connectivity index (χ0n) is 17.1. The van der Waals surface area contributed by atoms with Crippen molar-refractivity contribution in [3.05, 3.63) is 97.5 Å². The van der Waals surface area contributed by atoms with Crippen LogP contribution in [0.25, 0.3) is 15.9 Å². The van der Waals surface area contributed by atoms with Gasteiger partial charge >= 0.3 is 5.69 Å². The van der Waals surface area contributed by atoms with Crippen LogP contribution in [0.2, 0.25) is 0 Å². The molecule has 0 fully saturated rings. The molecule has 0 bridgehead atoms. The Hall–Kier alpha value is -2.92. The Morgan fingerprint density at radius 2 is 1.62 bits per heavy atom. The molecule has 0 spiro atoms. The van der Waals surface area contributed by atoms with Gasteiger partial charge in [-0.25, -0.2) is 9.36 Å². The van der Waals surface area contributed by atoms with Crippen molar-refractivity contribution < 1.29 is 0 Å². The van der Waals surface area contributed by atoms with Crippen LogP contribution >= 0.6 is 11.3 Å². The number of rotatable bonds is 3. The van der Waals surface area contributed by atoms with Crippen molar-refractivity contribution in [2.24, 2.45) is 0 Å². The molecule has 0 N–H and O–H groups in total. The van der Waals surface area contributed by atoms with Crippen LogP contribution in [-0.2, 0) is 12.0 Å². The Labute approximate surface area is 173 Å². The lowest BCUT2D eigenvalue weighted by Gasteiger charge is -2.19. The highest BCUT2D eigenvalue weighted by Gasteiger charge is 2.17. The fourth-order valence-electron chi connectivity index (χ4n) is 3.56. The predicted octanol–water partition coefficient (Wildman–Crippen LogP) is 4.87. The quantitative estimate of drug-likeness (QED) is 0.489. The maximum atomic E-state index is 13.4. The maximum Gasteiger partial charge on any atom is 0.336 e. The SMILES string of the molecule is Cc1ccccc1-n1c(=O)c2sccc2n(Cc2ccc(C(C)(C)C)cc2)c1=O. The van der Waals surface area contributed by atoms with E-state index in [1.807, 2.05) is 42.6 Å². The second-order valence-electron chi connectivity index (χ2n) is 8.38. The van der Waals surface area contributed by atoms with Crippen LogP contribution in [0.3, 0.4) is 0 Å². The molecule has 4 rings (SSSR count). The summed E-state index contributed by atoms with van der Waals surface area (Å²) in [6.45, 7) is 8.87. The summed E-state index contributed by atoms with van der Waals surface area (Å²) >= 11 is 1.37. The molecule has 4 aromatic rings. The summed E-state index contributed by atoms with van der Waals surface area (Å²) in [6, 6.07) is 17.7. The van der Waals surface area contributed by atoms with E-state index in [4.69, 9.17) is 0 Å². The van der Waals surface area contributed by atoms with E-state index in [2.05, 4.69) is 45.0 Å². The minimum Gasteiger partial charge on any atom is -0.288 e. The molecule has 0 saturated heterocycles. The number of benzene rings is 2. The van der Waals surface area contributed by atoms with Gasteiger partial charge in [-0.05, 0) is 46.5 Å². The van der Waals surface area contributed by atoms with Crippen molar-refractivity contribution in [1.82, 2.24) is 9.13 Å². The Morgan fingerprint density at radius 3 is 2.28 bits per heavy atom. The fraction of sp³-hybridized carbons (Fsp3) is 0.250. The predicted molar refractivity (Wildman–Crippen MR) is 121 cm³/mol. The van der Waals surface area contributed by atoms with Crippen molar-refractivity contribution in [3.8, 4) is 5.69 Å². The first-order valence-corrected chi connectivity index (χ1v) is 10.5. The normalized spacial score (nSPS) is 11.9. The van der Waals surface area contributed by atoms with Crippen LogP contribution in [0, 0.1) is 6.92 Å². The molecule has 2 heterocycles. The first-order chi connectivity index (χ1) is 13.8. The van der Waals surface area contributed by atoms with Crippen molar-refractivity contribution in [2.45, 2.75) is 39.7 Å². The molecule has 0 atom stereocenters. The molecule has 0 aliphatic rings. The molecule has 5 heteroatoms. The zero-order chi connectivity index (χ0) is 20.8. The highest BCUT2D eigenvalue weighted by molar-refractivity contribution is 7.17. The number of para-hydroxylation sites is 1. The Balaban J connectivity index is 1.89. The topological polar surface area (TPSA) is 44.0 Å². The highest BCUT2D eigenvalue weighted by atomic mass is 32.1. The minimum absolute atomic E-state index is 0.0774. The fourth-order valence-corrected chi connectivity index (χ4v) is 4.38. The van der Waals surface area contributed by atoms with E-state index in [0.29, 0.717) is 22.4 Å². The van der Waals surface area contributed by atoms with Gasteiger partial charge in [0.2, 0.25) is 0 Å².